The Hall–Kier alpha value is -7.79. The molecular weight excluding hydrogens is 1730 g/mol. The summed E-state index contributed by atoms with van der Waals surface area (Å²) >= 11 is 12.9. The van der Waals surface area contributed by atoms with Crippen LogP contribution in [0.4, 0.5) is 11.6 Å². The van der Waals surface area contributed by atoms with E-state index in [-0.39, 0.29) is 15.9 Å². The number of halogens is 4. The van der Waals surface area contributed by atoms with Gasteiger partial charge in [0.05, 0.1) is 21.9 Å². The number of ether oxygens (including phenoxy) is 2. The first kappa shape index (κ1) is 78.8. The van der Waals surface area contributed by atoms with Crippen molar-refractivity contribution in [3.63, 3.8) is 0 Å². The molecule has 0 amide bonds. The number of nitrogens with two attached hydrogens (primary N) is 2. The largest absolute Gasteiger partial charge is 0.0622 e. The van der Waals surface area contributed by atoms with Gasteiger partial charge in [0.1, 0.15) is 46.5 Å². The van der Waals surface area contributed by atoms with Crippen LogP contribution in [0.5, 0.6) is 0 Å². The van der Waals surface area contributed by atoms with E-state index < -0.39 is 15.8 Å². The van der Waals surface area contributed by atoms with Crippen LogP contribution in [0.15, 0.2) is 283 Å². The quantitative estimate of drug-likeness (QED) is 0.0584. The van der Waals surface area contributed by atoms with E-state index in [1.54, 1.807) is 73.6 Å². The second kappa shape index (κ2) is 41.8. The average Bonchev–Trinajstić information content (AvgIpc) is 1.61. The summed E-state index contributed by atoms with van der Waals surface area (Å²) in [6.45, 7) is 6.05. The van der Waals surface area contributed by atoms with Crippen LogP contribution in [0.1, 0.15) is 72.7 Å². The van der Waals surface area contributed by atoms with Crippen LogP contribution in [-0.2, 0) is 77.4 Å². The first-order valence-electron chi connectivity index (χ1n) is 32.3. The summed E-state index contributed by atoms with van der Waals surface area (Å²) in [6.07, 6.45) is 10.0. The van der Waals surface area contributed by atoms with Crippen LogP contribution in [-0.4, -0.2) is 39.5 Å². The number of benzene rings is 8. The minimum atomic E-state index is -0.446. The second-order valence-electron chi connectivity index (χ2n) is 22.7. The molecule has 0 aliphatic carbocycles. The third-order valence-electron chi connectivity index (χ3n) is 15.9. The molecule has 2 aliphatic rings. The molecule has 0 spiro atoms. The number of terminal acetylenes is 1. The van der Waals surface area contributed by atoms with Crippen molar-refractivity contribution in [2.24, 2.45) is 0 Å². The predicted octanol–water partition coefficient (Wildman–Crippen LogP) is 17.5. The van der Waals surface area contributed by atoms with Gasteiger partial charge in [-0.3, -0.25) is 9.13 Å². The van der Waals surface area contributed by atoms with E-state index in [9.17, 15) is 0 Å². The third-order valence-corrected chi connectivity index (χ3v) is 24.0. The number of rotatable bonds is 10. The Balaban J connectivity index is 0.000000142. The van der Waals surface area contributed by atoms with Gasteiger partial charge in [-0.05, 0) is 137 Å². The minimum absolute atomic E-state index is 0.106. The minimum Gasteiger partial charge on any atom is -0.0622 e. The number of nitrogens with zero attached hydrogens (tertiary/aromatic N) is 8. The van der Waals surface area contributed by atoms with Crippen LogP contribution in [0.25, 0.3) is 10.0 Å². The maximum Gasteiger partial charge on any atom is -0.0134 e. The normalized spacial score (nSPS) is 11.3. The van der Waals surface area contributed by atoms with Gasteiger partial charge in [-0.15, -0.1) is 49.5 Å². The van der Waals surface area contributed by atoms with Crippen molar-refractivity contribution in [1.82, 2.24) is 39.5 Å². The van der Waals surface area contributed by atoms with Crippen molar-refractivity contribution in [3.8, 4) is 34.2 Å². The fourth-order valence-corrected chi connectivity index (χ4v) is 19.0. The first-order valence-corrected chi connectivity index (χ1v) is 44.5. The van der Waals surface area contributed by atoms with Crippen LogP contribution < -0.4 is 43.3 Å². The molecule has 16 rings (SSSR count). The van der Waals surface area contributed by atoms with Crippen molar-refractivity contribution in [2.45, 2.75) is 53.1 Å². The van der Waals surface area contributed by atoms with E-state index in [0.717, 1.165) is 66.5 Å². The molecule has 0 atom stereocenters. The number of aromatic nitrogens is 8. The van der Waals surface area contributed by atoms with Gasteiger partial charge in [0.15, 0.2) is 11.6 Å². The van der Waals surface area contributed by atoms with Crippen molar-refractivity contribution >= 4 is 137 Å². The number of thiophene rings is 2. The van der Waals surface area contributed by atoms with E-state index >= 15 is 0 Å². The first-order chi connectivity index (χ1) is 51.1. The number of hydrogen-bond acceptors (Lipinski definition) is 12. The van der Waals surface area contributed by atoms with Gasteiger partial charge in [0.25, 0.3) is 0 Å². The molecule has 22 heteroatoms. The molecule has 8 aromatic carbocycles. The molecule has 12 nitrogen and oxygen atoms in total. The second-order valence-corrected chi connectivity index (χ2v) is 32.8. The number of anilines is 2. The molecule has 8 heterocycles. The summed E-state index contributed by atoms with van der Waals surface area (Å²) in [5.74, 6) is 13.5. The molecule has 0 unspecified atom stereocenters. The number of aryl methyl sites for hydroxylation is 2. The molecule has 104 heavy (non-hydrogen) atoms. The molecule has 6 aromatic heterocycles. The SMILES string of the molecule is C#Cc1ccc(N)nc1.Cc1nnc2n1-c1sc(Br)c(Cc3ccccc3)c1COC2.Cc1nnc2n1-c1sc(C#Cc3ccc(N)nc3)c(Cc3ccccc3)c1COC2.[Cl][Pd][Cl].[Cu][I].c1ccc(P(c2ccccc2)c2ccccc2)cc1.c1ccc(P(c2ccccc2)c2ccccc2)cc1. The molecule has 0 saturated carbocycles. The standard InChI is InChI=1S/C23H19N5OS.2C18H15P.C16H14BrN3OS.C7H6N2.2ClH.Cu.HI.Pd/c1-15-26-27-22-14-29-13-19-18(11-16-5-3-2-4-6-16)20(30-23(19)28(15)22)9-7-17-8-10-21(24)25-12-17;2*1-4-10-16(11-5-1)19(17-12-6-2-7-13-17)18-14-8-3-9-15-18;1-10-18-19-14-9-21-8-13-12(7-11-5-3-2-4-6-11)15(17)22-16(13)20(10)14;1-2-6-3-4-7(8)9-5-6;;;;;/h2-6,8,10,12H,11,13-14H2,1H3,(H2,24,25);2*1-15H;2-6H,7-9H2,1H3;1,3-5H,(H2,8,9);2*1H;;1H;/q;;;;;;;+1;;+2/p-3. The Labute approximate surface area is 662 Å². The number of nitrogen functional groups attached to an aromatic ring is 2. The van der Waals surface area contributed by atoms with E-state index in [1.165, 1.54) is 64.6 Å². The summed E-state index contributed by atoms with van der Waals surface area (Å²) in [6, 6.07) is 92.7. The van der Waals surface area contributed by atoms with E-state index in [0.29, 0.717) is 38.1 Å². The Morgan fingerprint density at radius 3 is 1.14 bits per heavy atom. The summed E-state index contributed by atoms with van der Waals surface area (Å²) < 4.78 is 17.1. The van der Waals surface area contributed by atoms with Gasteiger partial charge in [-0.25, -0.2) is 9.97 Å². The Kier molecular flexibility index (Phi) is 31.7. The third kappa shape index (κ3) is 21.9. The molecule has 4 N–H and O–H groups in total. The van der Waals surface area contributed by atoms with Crippen LogP contribution in [0.3, 0.4) is 0 Å². The number of fused-ring (bicyclic) bond motifs is 6. The fraction of sp³-hybridized carbons (Fsp3) is 0.0976. The fourth-order valence-electron chi connectivity index (χ4n) is 11.1. The zero-order valence-corrected chi connectivity index (χ0v) is 67.4. The van der Waals surface area contributed by atoms with Crippen molar-refractivity contribution in [3.05, 3.63) is 356 Å². The van der Waals surface area contributed by atoms with Gasteiger partial charge >= 0.3 is 68.1 Å². The van der Waals surface area contributed by atoms with Gasteiger partial charge in [0.2, 0.25) is 0 Å². The van der Waals surface area contributed by atoms with Crippen molar-refractivity contribution in [1.29, 1.82) is 0 Å². The molecule has 0 bridgehead atoms. The van der Waals surface area contributed by atoms with E-state index in [1.807, 2.05) is 32.0 Å². The monoisotopic (exact) mass is 1800 g/mol. The summed E-state index contributed by atoms with van der Waals surface area (Å²) in [4.78, 5) is 8.94. The smallest absolute Gasteiger partial charge is 0.0134 e. The predicted molar refractivity (Wildman–Crippen MR) is 438 cm³/mol. The number of pyridine rings is 2. The Morgan fingerprint density at radius 1 is 0.471 bits per heavy atom. The molecule has 14 aromatic rings. The Bertz CT molecular complexity index is 4730. The maximum absolute atomic E-state index is 5.94. The van der Waals surface area contributed by atoms with Gasteiger partial charge in [0, 0.05) is 34.6 Å². The molecule has 2 aliphatic heterocycles. The zero-order valence-electron chi connectivity index (χ0n) is 56.3. The molecule has 0 radical (unpaired) electrons. The van der Waals surface area contributed by atoms with E-state index in [4.69, 9.17) is 46.4 Å². The Morgan fingerprint density at radius 2 is 0.798 bits per heavy atom. The zero-order chi connectivity index (χ0) is 72.8. The summed E-state index contributed by atoms with van der Waals surface area (Å²) in [7, 11) is 8.74. The van der Waals surface area contributed by atoms with Gasteiger partial charge in [-0.2, -0.15) is 0 Å². The van der Waals surface area contributed by atoms with E-state index in [2.05, 4.69) is 316 Å². The number of hydrogen-bond donors (Lipinski definition) is 2. The van der Waals surface area contributed by atoms with Crippen molar-refractivity contribution < 1.29 is 38.2 Å². The molecular formula is C82H69BrCl2CuIN10O2P2PdS2. The topological polar surface area (TPSA) is 158 Å². The van der Waals surface area contributed by atoms with Crippen LogP contribution in [0, 0.1) is 38.0 Å². The van der Waals surface area contributed by atoms with Gasteiger partial charge in [-0.1, -0.05) is 260 Å². The average molecular weight is 1800 g/mol. The van der Waals surface area contributed by atoms with Crippen LogP contribution in [0.2, 0.25) is 0 Å². The molecule has 0 fully saturated rings. The summed E-state index contributed by atoms with van der Waals surface area (Å²) in [5, 5.41) is 27.6. The van der Waals surface area contributed by atoms with Gasteiger partial charge < -0.3 is 20.9 Å². The summed E-state index contributed by atoms with van der Waals surface area (Å²) in [5.41, 5.74) is 20.0. The van der Waals surface area contributed by atoms with Crippen LogP contribution >= 0.6 is 93.8 Å². The maximum atomic E-state index is 5.94. The molecule has 530 valence electrons. The van der Waals surface area contributed by atoms with Crippen molar-refractivity contribution in [2.75, 3.05) is 11.5 Å². The molecule has 0 saturated heterocycles.